The molecule has 2 amide bonds. The zero-order valence-corrected chi connectivity index (χ0v) is 11.5. The zero-order valence-electron chi connectivity index (χ0n) is 11.5. The summed E-state index contributed by atoms with van der Waals surface area (Å²) in [4.78, 5) is 23.6. The van der Waals surface area contributed by atoms with Crippen molar-refractivity contribution in [2.45, 2.75) is 6.04 Å². The number of rotatable bonds is 5. The lowest BCUT2D eigenvalue weighted by atomic mass is 10.1. The number of hydrogen-bond acceptors (Lipinski definition) is 3. The Kier molecular flexibility index (Phi) is 5.06. The third-order valence-electron chi connectivity index (χ3n) is 2.92. The smallest absolute Gasteiger partial charge is 0.243 e. The predicted octanol–water partition coefficient (Wildman–Crippen LogP) is 1.44. The molecule has 0 aliphatic heterocycles. The lowest BCUT2D eigenvalue weighted by Crippen LogP contribution is -2.38. The molecule has 0 saturated heterocycles. The summed E-state index contributed by atoms with van der Waals surface area (Å²) in [7, 11) is 0. The van der Waals surface area contributed by atoms with Crippen LogP contribution in [0, 0.1) is 0 Å². The van der Waals surface area contributed by atoms with Crippen LogP contribution in [0.3, 0.4) is 0 Å². The van der Waals surface area contributed by atoms with Crippen molar-refractivity contribution in [2.75, 3.05) is 11.9 Å². The molecule has 108 valence electrons. The monoisotopic (exact) mass is 283 g/mol. The molecular formula is C16H17N3O2. The molecule has 5 heteroatoms. The average Bonchev–Trinajstić information content (AvgIpc) is 2.53. The van der Waals surface area contributed by atoms with Crippen molar-refractivity contribution in [1.29, 1.82) is 0 Å². The van der Waals surface area contributed by atoms with Gasteiger partial charge in [-0.2, -0.15) is 0 Å². The van der Waals surface area contributed by atoms with Crippen molar-refractivity contribution in [3.05, 3.63) is 66.2 Å². The molecule has 21 heavy (non-hydrogen) atoms. The minimum Gasteiger partial charge on any atom is -0.345 e. The van der Waals surface area contributed by atoms with Gasteiger partial charge in [-0.1, -0.05) is 48.5 Å². The molecule has 5 nitrogen and oxygen atoms in total. The summed E-state index contributed by atoms with van der Waals surface area (Å²) in [6.45, 7) is -0.117. The van der Waals surface area contributed by atoms with E-state index in [0.717, 1.165) is 0 Å². The van der Waals surface area contributed by atoms with Crippen LogP contribution in [0.15, 0.2) is 60.7 Å². The Balaban J connectivity index is 1.82. The molecule has 0 radical (unpaired) electrons. The van der Waals surface area contributed by atoms with Gasteiger partial charge in [-0.3, -0.25) is 9.59 Å². The summed E-state index contributed by atoms with van der Waals surface area (Å²) in [5.74, 6) is -0.681. The van der Waals surface area contributed by atoms with Crippen LogP contribution in [0.2, 0.25) is 0 Å². The highest BCUT2D eigenvalue weighted by atomic mass is 16.2. The van der Waals surface area contributed by atoms with E-state index in [9.17, 15) is 9.59 Å². The molecule has 2 aromatic carbocycles. The standard InChI is InChI=1S/C16H17N3O2/c17-15(12-7-3-1-4-8-12)16(21)18-11-14(20)19-13-9-5-2-6-10-13/h1-10,15H,11,17H2,(H,18,21)(H,19,20)/t15-/m0/s1. The van der Waals surface area contributed by atoms with E-state index in [1.165, 1.54) is 0 Å². The molecule has 1 atom stereocenters. The molecule has 0 unspecified atom stereocenters. The van der Waals surface area contributed by atoms with Gasteiger partial charge in [-0.05, 0) is 17.7 Å². The van der Waals surface area contributed by atoms with Gasteiger partial charge in [-0.25, -0.2) is 0 Å². The molecule has 0 aromatic heterocycles. The van der Waals surface area contributed by atoms with E-state index in [-0.39, 0.29) is 18.4 Å². The summed E-state index contributed by atoms with van der Waals surface area (Å²) in [5, 5.41) is 5.21. The molecular weight excluding hydrogens is 266 g/mol. The normalized spacial score (nSPS) is 11.5. The highest BCUT2D eigenvalue weighted by Gasteiger charge is 2.15. The number of amides is 2. The number of carbonyl (C=O) groups is 2. The maximum Gasteiger partial charge on any atom is 0.243 e. The van der Waals surface area contributed by atoms with Crippen LogP contribution in [-0.2, 0) is 9.59 Å². The number of hydrogen-bond donors (Lipinski definition) is 3. The molecule has 2 aromatic rings. The summed E-state index contributed by atoms with van der Waals surface area (Å²) < 4.78 is 0. The van der Waals surface area contributed by atoms with Crippen molar-refractivity contribution in [2.24, 2.45) is 5.73 Å². The van der Waals surface area contributed by atoms with E-state index in [1.807, 2.05) is 36.4 Å². The topological polar surface area (TPSA) is 84.2 Å². The number of benzene rings is 2. The SMILES string of the molecule is N[C@H](C(=O)NCC(=O)Nc1ccccc1)c1ccccc1. The zero-order chi connectivity index (χ0) is 15.1. The van der Waals surface area contributed by atoms with Crippen molar-refractivity contribution in [1.82, 2.24) is 5.32 Å². The van der Waals surface area contributed by atoms with Crippen LogP contribution >= 0.6 is 0 Å². The Morgan fingerprint density at radius 2 is 1.52 bits per heavy atom. The lowest BCUT2D eigenvalue weighted by Gasteiger charge is -2.12. The molecule has 2 rings (SSSR count). The van der Waals surface area contributed by atoms with Crippen molar-refractivity contribution >= 4 is 17.5 Å². The Morgan fingerprint density at radius 1 is 0.952 bits per heavy atom. The number of anilines is 1. The number of nitrogens with two attached hydrogens (primary N) is 1. The molecule has 0 bridgehead atoms. The van der Waals surface area contributed by atoms with Crippen LogP contribution < -0.4 is 16.4 Å². The van der Waals surface area contributed by atoms with Crippen LogP contribution in [0.4, 0.5) is 5.69 Å². The second-order valence-electron chi connectivity index (χ2n) is 4.52. The van der Waals surface area contributed by atoms with E-state index >= 15 is 0 Å². The van der Waals surface area contributed by atoms with Crippen molar-refractivity contribution in [3.8, 4) is 0 Å². The second kappa shape index (κ2) is 7.21. The molecule has 0 saturated carbocycles. The first-order valence-electron chi connectivity index (χ1n) is 6.60. The molecule has 0 fully saturated rings. The Bertz CT molecular complexity index is 599. The van der Waals surface area contributed by atoms with Gasteiger partial charge < -0.3 is 16.4 Å². The van der Waals surface area contributed by atoms with Gasteiger partial charge in [0.2, 0.25) is 11.8 Å². The summed E-state index contributed by atoms with van der Waals surface area (Å²) >= 11 is 0. The van der Waals surface area contributed by atoms with E-state index in [0.29, 0.717) is 11.3 Å². The van der Waals surface area contributed by atoms with Gasteiger partial charge in [0.25, 0.3) is 0 Å². The largest absolute Gasteiger partial charge is 0.345 e. The third kappa shape index (κ3) is 4.43. The van der Waals surface area contributed by atoms with Gasteiger partial charge in [0.15, 0.2) is 0 Å². The highest BCUT2D eigenvalue weighted by molar-refractivity contribution is 5.95. The maximum absolute atomic E-state index is 11.9. The van der Waals surface area contributed by atoms with Crippen molar-refractivity contribution in [3.63, 3.8) is 0 Å². The molecule has 0 heterocycles. The molecule has 0 aliphatic carbocycles. The Hall–Kier alpha value is -2.66. The van der Waals surface area contributed by atoms with Crippen LogP contribution in [0.25, 0.3) is 0 Å². The highest BCUT2D eigenvalue weighted by Crippen LogP contribution is 2.09. The van der Waals surface area contributed by atoms with Gasteiger partial charge in [0.05, 0.1) is 6.54 Å². The fourth-order valence-electron chi connectivity index (χ4n) is 1.82. The Morgan fingerprint density at radius 3 is 2.14 bits per heavy atom. The van der Waals surface area contributed by atoms with E-state index in [4.69, 9.17) is 5.73 Å². The first kappa shape index (κ1) is 14.7. The summed E-state index contributed by atoms with van der Waals surface area (Å²) in [6, 6.07) is 17.3. The fraction of sp³-hybridized carbons (Fsp3) is 0.125. The van der Waals surface area contributed by atoms with Crippen molar-refractivity contribution < 1.29 is 9.59 Å². The predicted molar refractivity (Wildman–Crippen MR) is 81.5 cm³/mol. The first-order chi connectivity index (χ1) is 10.2. The minimum absolute atomic E-state index is 0.117. The number of carbonyl (C=O) groups excluding carboxylic acids is 2. The van der Waals surface area contributed by atoms with E-state index in [1.54, 1.807) is 24.3 Å². The van der Waals surface area contributed by atoms with Gasteiger partial charge in [0.1, 0.15) is 6.04 Å². The van der Waals surface area contributed by atoms with Crippen LogP contribution in [0.1, 0.15) is 11.6 Å². The second-order valence-corrected chi connectivity index (χ2v) is 4.52. The van der Waals surface area contributed by atoms with E-state index < -0.39 is 6.04 Å². The first-order valence-corrected chi connectivity index (χ1v) is 6.60. The van der Waals surface area contributed by atoms with Gasteiger partial charge in [-0.15, -0.1) is 0 Å². The van der Waals surface area contributed by atoms with Gasteiger partial charge >= 0.3 is 0 Å². The average molecular weight is 283 g/mol. The summed E-state index contributed by atoms with van der Waals surface area (Å²) in [6.07, 6.45) is 0. The van der Waals surface area contributed by atoms with Crippen LogP contribution in [0.5, 0.6) is 0 Å². The van der Waals surface area contributed by atoms with Crippen LogP contribution in [-0.4, -0.2) is 18.4 Å². The minimum atomic E-state index is -0.782. The lowest BCUT2D eigenvalue weighted by molar-refractivity contribution is -0.125. The third-order valence-corrected chi connectivity index (χ3v) is 2.92. The molecule has 0 aliphatic rings. The maximum atomic E-state index is 11.9. The Labute approximate surface area is 123 Å². The molecule has 0 spiro atoms. The molecule has 4 N–H and O–H groups in total. The van der Waals surface area contributed by atoms with E-state index in [2.05, 4.69) is 10.6 Å². The quantitative estimate of drug-likeness (QED) is 0.776. The fourth-order valence-corrected chi connectivity index (χ4v) is 1.82. The number of para-hydroxylation sites is 1. The van der Waals surface area contributed by atoms with Gasteiger partial charge in [0, 0.05) is 5.69 Å². The summed E-state index contributed by atoms with van der Waals surface area (Å²) in [5.41, 5.74) is 7.22. The number of nitrogens with one attached hydrogen (secondary N) is 2.